The molecule has 0 aliphatic heterocycles. The van der Waals surface area contributed by atoms with Gasteiger partial charge in [-0.1, -0.05) is 68.2 Å². The Hall–Kier alpha value is 1.38. The van der Waals surface area contributed by atoms with Gasteiger partial charge < -0.3 is 12.8 Å². The molecular weight excluding hydrogens is 584 g/mol. The molecule has 0 heterocycles. The molecule has 0 atom stereocenters. The first-order valence-electron chi connectivity index (χ1n) is 7.92. The normalized spacial score (nSPS) is 10.2. The van der Waals surface area contributed by atoms with Crippen molar-refractivity contribution in [3.63, 3.8) is 0 Å². The molecule has 0 unspecified atom stereocenters. The first-order chi connectivity index (χ1) is 8.25. The molecule has 20 heavy (non-hydrogen) atoms. The molecule has 0 radical (unpaired) electrons. The first-order valence-corrected chi connectivity index (χ1v) is 7.92. The van der Waals surface area contributed by atoms with Gasteiger partial charge in [0.15, 0.2) is 0 Å². The Morgan fingerprint density at radius 1 is 0.550 bits per heavy atom. The van der Waals surface area contributed by atoms with Crippen LogP contribution in [0.25, 0.3) is 0 Å². The molecule has 0 aromatic heterocycles. The minimum Gasteiger partial charge on any atom is -0.326 e. The Labute approximate surface area is 159 Å². The van der Waals surface area contributed by atoms with Crippen LogP contribution < -0.4 is 0 Å². The molecule has 0 spiro atoms. The Bertz CT molecular complexity index is 117. The molecule has 0 saturated heterocycles. The van der Waals surface area contributed by atoms with Crippen molar-refractivity contribution in [1.29, 1.82) is 0 Å². The maximum atomic E-state index is 2.39. The standard InChI is InChI=1S/2C9H19.2W/c2*1-8(2)6-5-7-9(3)4;;/h2*6,8-9H,5,7H2,1-4H3;;/q2*-1;;. The van der Waals surface area contributed by atoms with Crippen molar-refractivity contribution in [2.24, 2.45) is 23.7 Å². The van der Waals surface area contributed by atoms with E-state index in [4.69, 9.17) is 0 Å². The van der Waals surface area contributed by atoms with E-state index in [1.807, 2.05) is 0 Å². The van der Waals surface area contributed by atoms with Gasteiger partial charge in [0.1, 0.15) is 0 Å². The quantitative estimate of drug-likeness (QED) is 0.269. The average Bonchev–Trinajstić information content (AvgIpc) is 2.15. The second-order valence-corrected chi connectivity index (χ2v) is 6.90. The van der Waals surface area contributed by atoms with Crippen LogP contribution in [0.3, 0.4) is 0 Å². The van der Waals surface area contributed by atoms with Gasteiger partial charge >= 0.3 is 0 Å². The first kappa shape index (κ1) is 29.4. The zero-order valence-electron chi connectivity index (χ0n) is 15.1. The Morgan fingerprint density at radius 3 is 0.950 bits per heavy atom. The van der Waals surface area contributed by atoms with E-state index in [9.17, 15) is 0 Å². The molecule has 0 bridgehead atoms. The second-order valence-electron chi connectivity index (χ2n) is 6.90. The summed E-state index contributed by atoms with van der Waals surface area (Å²) in [6, 6.07) is 0. The summed E-state index contributed by atoms with van der Waals surface area (Å²) < 4.78 is 0. The zero-order chi connectivity index (χ0) is 14.6. The van der Waals surface area contributed by atoms with Crippen LogP contribution >= 0.6 is 0 Å². The maximum absolute atomic E-state index is 2.39. The minimum atomic E-state index is 0. The fraction of sp³-hybridized carbons (Fsp3) is 0.889. The summed E-state index contributed by atoms with van der Waals surface area (Å²) in [6.45, 7) is 18.0. The fourth-order valence-corrected chi connectivity index (χ4v) is 1.53. The van der Waals surface area contributed by atoms with E-state index in [1.165, 1.54) is 25.7 Å². The summed E-state index contributed by atoms with van der Waals surface area (Å²) >= 11 is 0. The van der Waals surface area contributed by atoms with Gasteiger partial charge in [0, 0.05) is 42.1 Å². The Balaban J connectivity index is -0.000000116. The predicted molar refractivity (Wildman–Crippen MR) is 86.4 cm³/mol. The molecule has 0 aromatic carbocycles. The van der Waals surface area contributed by atoms with Gasteiger partial charge in [-0.25, -0.2) is 0 Å². The van der Waals surface area contributed by atoms with Crippen LogP contribution in [0.4, 0.5) is 0 Å². The van der Waals surface area contributed by atoms with E-state index >= 15 is 0 Å². The van der Waals surface area contributed by atoms with Crippen molar-refractivity contribution < 1.29 is 42.1 Å². The van der Waals surface area contributed by atoms with Crippen molar-refractivity contribution in [2.45, 2.75) is 81.1 Å². The minimum absolute atomic E-state index is 0. The monoisotopic (exact) mass is 622 g/mol. The topological polar surface area (TPSA) is 0 Å². The third-order valence-corrected chi connectivity index (χ3v) is 2.76. The molecular formula is C18H38W2-2. The van der Waals surface area contributed by atoms with Gasteiger partial charge in [0.2, 0.25) is 0 Å². The van der Waals surface area contributed by atoms with E-state index in [0.29, 0.717) is 0 Å². The molecule has 2 heteroatoms. The van der Waals surface area contributed by atoms with E-state index < -0.39 is 0 Å². The fourth-order valence-electron chi connectivity index (χ4n) is 1.53. The van der Waals surface area contributed by atoms with Crippen molar-refractivity contribution in [1.82, 2.24) is 0 Å². The molecule has 0 nitrogen and oxygen atoms in total. The Morgan fingerprint density at radius 2 is 0.800 bits per heavy atom. The molecule has 124 valence electrons. The van der Waals surface area contributed by atoms with Crippen molar-refractivity contribution in [2.75, 3.05) is 0 Å². The van der Waals surface area contributed by atoms with Gasteiger partial charge in [-0.3, -0.25) is 0 Å². The largest absolute Gasteiger partial charge is 0.326 e. The number of rotatable bonds is 8. The second kappa shape index (κ2) is 20.4. The van der Waals surface area contributed by atoms with Gasteiger partial charge in [-0.15, -0.1) is 0 Å². The van der Waals surface area contributed by atoms with Crippen LogP contribution in [0.1, 0.15) is 81.1 Å². The average molecular weight is 622 g/mol. The van der Waals surface area contributed by atoms with Crippen LogP contribution in [0, 0.1) is 36.5 Å². The number of hydrogen-bond donors (Lipinski definition) is 0. The summed E-state index contributed by atoms with van der Waals surface area (Å²) in [5.41, 5.74) is 0. The van der Waals surface area contributed by atoms with Crippen molar-refractivity contribution in [3.05, 3.63) is 12.8 Å². The van der Waals surface area contributed by atoms with Crippen molar-refractivity contribution in [3.8, 4) is 0 Å². The van der Waals surface area contributed by atoms with E-state index in [1.54, 1.807) is 0 Å². The summed E-state index contributed by atoms with van der Waals surface area (Å²) in [5.74, 6) is 3.26. The van der Waals surface area contributed by atoms with Crippen LogP contribution in [0.5, 0.6) is 0 Å². The SMILES string of the molecule is CC(C)[CH-]CCC(C)C.CC(C)[CH-]CCC(C)C.[W].[W]. The molecule has 0 amide bonds. The summed E-state index contributed by atoms with van der Waals surface area (Å²) in [4.78, 5) is 0. The van der Waals surface area contributed by atoms with Gasteiger partial charge in [-0.05, 0) is 11.8 Å². The molecule has 0 N–H and O–H groups in total. The maximum Gasteiger partial charge on any atom is 0 e. The summed E-state index contributed by atoms with van der Waals surface area (Å²) in [7, 11) is 0. The number of hydrogen-bond acceptors (Lipinski definition) is 0. The molecule has 0 fully saturated rings. The van der Waals surface area contributed by atoms with E-state index in [0.717, 1.165) is 23.7 Å². The van der Waals surface area contributed by atoms with Crippen LogP contribution in [0.2, 0.25) is 0 Å². The van der Waals surface area contributed by atoms with Crippen LogP contribution in [-0.2, 0) is 42.1 Å². The van der Waals surface area contributed by atoms with Gasteiger partial charge in [0.05, 0.1) is 0 Å². The third-order valence-electron chi connectivity index (χ3n) is 2.76. The molecule has 0 rings (SSSR count). The molecule has 0 aromatic rings. The van der Waals surface area contributed by atoms with E-state index in [2.05, 4.69) is 68.2 Å². The molecule has 0 aliphatic rings. The zero-order valence-corrected chi connectivity index (χ0v) is 21.0. The molecule has 0 saturated carbocycles. The smallest absolute Gasteiger partial charge is 0 e. The third kappa shape index (κ3) is 36.6. The van der Waals surface area contributed by atoms with Gasteiger partial charge in [-0.2, -0.15) is 24.7 Å². The summed E-state index contributed by atoms with van der Waals surface area (Å²) in [5, 5.41) is 0. The van der Waals surface area contributed by atoms with E-state index in [-0.39, 0.29) is 42.1 Å². The molecule has 0 aliphatic carbocycles. The van der Waals surface area contributed by atoms with Crippen molar-refractivity contribution >= 4 is 0 Å². The summed E-state index contributed by atoms with van der Waals surface area (Å²) in [6.07, 6.45) is 10.0. The van der Waals surface area contributed by atoms with Crippen LogP contribution in [0.15, 0.2) is 0 Å². The Kier molecular flexibility index (Phi) is 29.9. The van der Waals surface area contributed by atoms with Crippen LogP contribution in [-0.4, -0.2) is 0 Å². The predicted octanol–water partition coefficient (Wildman–Crippen LogP) is 6.56. The van der Waals surface area contributed by atoms with Gasteiger partial charge in [0.25, 0.3) is 0 Å².